The van der Waals surface area contributed by atoms with Crippen LogP contribution >= 0.6 is 0 Å². The highest BCUT2D eigenvalue weighted by molar-refractivity contribution is 6.24. The van der Waals surface area contributed by atoms with E-state index in [9.17, 15) is 5.26 Å². The number of nitrogens with zero attached hydrogens (tertiary/aromatic N) is 5. The standard InChI is InChI=1S/C56H31N5O/c1-58-36-29-35(33-57)54(52(30-36)61-48-21-11-7-18-43(48)55-49(61)28-27-42-41-17-8-12-22-53(41)62-56(42)55)34-23-25-38(26-24-34)60-47-20-10-6-16-40(47)45-31-44-39-15-5-9-19-46(39)59(50(44)32-51(45)60)37-13-3-2-4-14-37/h2-32H. The minimum atomic E-state index is 0.400. The quantitative estimate of drug-likeness (QED) is 0.167. The van der Waals surface area contributed by atoms with Crippen molar-refractivity contribution in [3.8, 4) is 34.3 Å². The summed E-state index contributed by atoms with van der Waals surface area (Å²) in [5.41, 5.74) is 13.4. The Morgan fingerprint density at radius 2 is 1.03 bits per heavy atom. The van der Waals surface area contributed by atoms with Crippen LogP contribution in [0.3, 0.4) is 0 Å². The molecule has 6 heteroatoms. The van der Waals surface area contributed by atoms with Crippen molar-refractivity contribution < 1.29 is 4.42 Å². The van der Waals surface area contributed by atoms with Crippen LogP contribution in [-0.2, 0) is 0 Å². The molecule has 0 N–H and O–H groups in total. The molecule has 0 amide bonds. The number of nitriles is 1. The van der Waals surface area contributed by atoms with Crippen molar-refractivity contribution in [2.75, 3.05) is 0 Å². The molecular weight excluding hydrogens is 759 g/mol. The number of para-hydroxylation sites is 5. The fraction of sp³-hybridized carbons (Fsp3) is 0. The summed E-state index contributed by atoms with van der Waals surface area (Å²) in [5.74, 6) is 0. The molecule has 13 rings (SSSR count). The van der Waals surface area contributed by atoms with E-state index in [1.54, 1.807) is 6.07 Å². The Morgan fingerprint density at radius 3 is 1.69 bits per heavy atom. The zero-order valence-electron chi connectivity index (χ0n) is 33.0. The highest BCUT2D eigenvalue weighted by atomic mass is 16.3. The van der Waals surface area contributed by atoms with Gasteiger partial charge in [0.15, 0.2) is 5.69 Å². The van der Waals surface area contributed by atoms with Gasteiger partial charge in [0, 0.05) is 60.3 Å². The molecule has 4 aromatic heterocycles. The van der Waals surface area contributed by atoms with Gasteiger partial charge in [-0.15, -0.1) is 0 Å². The van der Waals surface area contributed by atoms with Gasteiger partial charge in [0.2, 0.25) is 0 Å². The van der Waals surface area contributed by atoms with Gasteiger partial charge in [-0.3, -0.25) is 0 Å². The number of hydrogen-bond donors (Lipinski definition) is 0. The maximum Gasteiger partial charge on any atom is 0.190 e. The minimum Gasteiger partial charge on any atom is -0.455 e. The summed E-state index contributed by atoms with van der Waals surface area (Å²) in [5, 5.41) is 19.7. The number of benzene rings is 9. The summed E-state index contributed by atoms with van der Waals surface area (Å²) in [7, 11) is 0. The molecule has 0 aliphatic heterocycles. The predicted molar refractivity (Wildman–Crippen MR) is 253 cm³/mol. The lowest BCUT2D eigenvalue weighted by Crippen LogP contribution is -2.00. The molecule has 0 spiro atoms. The zero-order chi connectivity index (χ0) is 41.1. The van der Waals surface area contributed by atoms with Gasteiger partial charge in [-0.25, -0.2) is 4.85 Å². The second-order valence-electron chi connectivity index (χ2n) is 15.9. The Labute approximate surface area is 354 Å². The third-order valence-corrected chi connectivity index (χ3v) is 12.7. The van der Waals surface area contributed by atoms with E-state index in [1.165, 1.54) is 27.1 Å². The first kappa shape index (κ1) is 34.1. The molecule has 286 valence electrons. The van der Waals surface area contributed by atoms with Crippen LogP contribution in [0.25, 0.3) is 120 Å². The van der Waals surface area contributed by atoms with E-state index in [2.05, 4.69) is 170 Å². The monoisotopic (exact) mass is 789 g/mol. The van der Waals surface area contributed by atoms with Gasteiger partial charge in [-0.2, -0.15) is 5.26 Å². The van der Waals surface area contributed by atoms with Crippen molar-refractivity contribution in [3.05, 3.63) is 205 Å². The fourth-order valence-electron chi connectivity index (χ4n) is 10.1. The van der Waals surface area contributed by atoms with Crippen molar-refractivity contribution in [1.82, 2.24) is 13.7 Å². The molecule has 0 atom stereocenters. The van der Waals surface area contributed by atoms with E-state index in [0.29, 0.717) is 11.3 Å². The van der Waals surface area contributed by atoms with Crippen LogP contribution in [0.4, 0.5) is 5.69 Å². The van der Waals surface area contributed by atoms with Gasteiger partial charge in [0.25, 0.3) is 0 Å². The largest absolute Gasteiger partial charge is 0.455 e. The first-order valence-corrected chi connectivity index (χ1v) is 20.6. The molecular formula is C56H31N5O. The van der Waals surface area contributed by atoms with Gasteiger partial charge >= 0.3 is 0 Å². The Kier molecular flexibility index (Phi) is 7.05. The molecule has 0 saturated carbocycles. The molecule has 9 aromatic carbocycles. The molecule has 0 radical (unpaired) electrons. The highest BCUT2D eigenvalue weighted by Gasteiger charge is 2.23. The van der Waals surface area contributed by atoms with Crippen molar-refractivity contribution >= 4 is 93.0 Å². The molecule has 0 fully saturated rings. The molecule has 62 heavy (non-hydrogen) atoms. The van der Waals surface area contributed by atoms with Crippen LogP contribution in [0.15, 0.2) is 192 Å². The number of furan rings is 1. The van der Waals surface area contributed by atoms with Gasteiger partial charge in [-0.1, -0.05) is 103 Å². The van der Waals surface area contributed by atoms with Crippen LogP contribution in [0.2, 0.25) is 0 Å². The van der Waals surface area contributed by atoms with E-state index in [-0.39, 0.29) is 0 Å². The third-order valence-electron chi connectivity index (χ3n) is 12.7. The smallest absolute Gasteiger partial charge is 0.190 e. The fourth-order valence-corrected chi connectivity index (χ4v) is 10.1. The van der Waals surface area contributed by atoms with Crippen molar-refractivity contribution in [3.63, 3.8) is 0 Å². The first-order valence-electron chi connectivity index (χ1n) is 20.6. The van der Waals surface area contributed by atoms with E-state index in [4.69, 9.17) is 11.0 Å². The summed E-state index contributed by atoms with van der Waals surface area (Å²) >= 11 is 0. The lowest BCUT2D eigenvalue weighted by Gasteiger charge is -2.17. The summed E-state index contributed by atoms with van der Waals surface area (Å²) in [4.78, 5) is 3.85. The topological polar surface area (TPSA) is 56.1 Å². The van der Waals surface area contributed by atoms with Gasteiger partial charge in [0.05, 0.1) is 56.7 Å². The SMILES string of the molecule is [C-]#[N+]c1cc(C#N)c(-c2ccc(-n3c4ccccc4c4cc5c6ccccc6n(-c6ccccc6)c5cc43)cc2)c(-n2c3ccccc3c3c4oc5ccccc5c4ccc32)c1. The van der Waals surface area contributed by atoms with E-state index < -0.39 is 0 Å². The summed E-state index contributed by atoms with van der Waals surface area (Å²) in [6.07, 6.45) is 0. The van der Waals surface area contributed by atoms with Crippen LogP contribution in [-0.4, -0.2) is 13.7 Å². The van der Waals surface area contributed by atoms with E-state index >= 15 is 0 Å². The maximum atomic E-state index is 10.8. The van der Waals surface area contributed by atoms with Gasteiger partial charge in [0.1, 0.15) is 11.2 Å². The number of aromatic nitrogens is 3. The van der Waals surface area contributed by atoms with Crippen LogP contribution in [0.1, 0.15) is 5.56 Å². The zero-order valence-corrected chi connectivity index (χ0v) is 33.0. The predicted octanol–water partition coefficient (Wildman–Crippen LogP) is 15.0. The van der Waals surface area contributed by atoms with Crippen LogP contribution in [0, 0.1) is 17.9 Å². The lowest BCUT2D eigenvalue weighted by molar-refractivity contribution is 0.673. The third kappa shape index (κ3) is 4.66. The van der Waals surface area contributed by atoms with Crippen molar-refractivity contribution in [2.24, 2.45) is 0 Å². The highest BCUT2D eigenvalue weighted by Crippen LogP contribution is 2.45. The molecule has 13 aromatic rings. The van der Waals surface area contributed by atoms with E-state index in [0.717, 1.165) is 88.5 Å². The Balaban J connectivity index is 1.05. The Hall–Kier alpha value is -8.84. The van der Waals surface area contributed by atoms with Crippen LogP contribution in [0.5, 0.6) is 0 Å². The molecule has 4 heterocycles. The van der Waals surface area contributed by atoms with Crippen LogP contribution < -0.4 is 0 Å². The number of hydrogen-bond acceptors (Lipinski definition) is 2. The van der Waals surface area contributed by atoms with Crippen molar-refractivity contribution in [1.29, 1.82) is 5.26 Å². The molecule has 0 bridgehead atoms. The molecule has 6 nitrogen and oxygen atoms in total. The summed E-state index contributed by atoms with van der Waals surface area (Å²) < 4.78 is 13.5. The normalized spacial score (nSPS) is 11.8. The average molecular weight is 790 g/mol. The van der Waals surface area contributed by atoms with Gasteiger partial charge in [-0.05, 0) is 90.5 Å². The minimum absolute atomic E-state index is 0.400. The Bertz CT molecular complexity index is 4110. The number of rotatable bonds is 4. The molecule has 0 saturated heterocycles. The average Bonchev–Trinajstić information content (AvgIpc) is 4.07. The summed E-state index contributed by atoms with van der Waals surface area (Å²) in [6.45, 7) is 8.08. The van der Waals surface area contributed by atoms with Crippen molar-refractivity contribution in [2.45, 2.75) is 0 Å². The molecule has 0 aliphatic rings. The first-order chi connectivity index (χ1) is 30.7. The maximum absolute atomic E-state index is 10.8. The van der Waals surface area contributed by atoms with Gasteiger partial charge < -0.3 is 18.1 Å². The number of fused-ring (bicyclic) bond motifs is 13. The second kappa shape index (κ2) is 12.8. The summed E-state index contributed by atoms with van der Waals surface area (Å²) in [6, 6.07) is 67.8. The molecule has 0 aliphatic carbocycles. The lowest BCUT2D eigenvalue weighted by atomic mass is 9.96. The van der Waals surface area contributed by atoms with E-state index in [1.807, 2.05) is 36.4 Å². The Morgan fingerprint density at radius 1 is 0.452 bits per heavy atom. The molecule has 0 unspecified atom stereocenters. The second-order valence-corrected chi connectivity index (χ2v) is 15.9.